The van der Waals surface area contributed by atoms with Gasteiger partial charge in [0, 0.05) is 28.8 Å². The fraction of sp³-hybridized carbons (Fsp3) is 0.188. The zero-order chi connectivity index (χ0) is 16.4. The van der Waals surface area contributed by atoms with Crippen molar-refractivity contribution >= 4 is 33.8 Å². The minimum atomic E-state index is -0.422. The Bertz CT molecular complexity index is 932. The summed E-state index contributed by atoms with van der Waals surface area (Å²) < 4.78 is 1.45. The average molecular weight is 348 g/mol. The molecule has 0 unspecified atom stereocenters. The Hall–Kier alpha value is -2.18. The van der Waals surface area contributed by atoms with E-state index in [1.807, 2.05) is 36.6 Å². The molecule has 2 aromatic heterocycles. The second-order valence-electron chi connectivity index (χ2n) is 5.07. The Kier molecular flexibility index (Phi) is 4.45. The smallest absolute Gasteiger partial charge is 0.271 e. The molecule has 0 spiro atoms. The van der Waals surface area contributed by atoms with Crippen molar-refractivity contribution in [3.05, 3.63) is 68.0 Å². The third-order valence-electron chi connectivity index (χ3n) is 3.50. The molecule has 1 aromatic carbocycles. The maximum atomic E-state index is 12.4. The van der Waals surface area contributed by atoms with Crippen molar-refractivity contribution in [3.8, 4) is 0 Å². The fourth-order valence-electron chi connectivity index (χ4n) is 2.29. The van der Waals surface area contributed by atoms with Crippen LogP contribution >= 0.6 is 22.9 Å². The number of aryl methyl sites for hydroxylation is 1. The monoisotopic (exact) mass is 347 g/mol. The largest absolute Gasteiger partial charge is 0.351 e. The van der Waals surface area contributed by atoms with Crippen LogP contribution < -0.4 is 10.9 Å². The second kappa shape index (κ2) is 6.52. The van der Waals surface area contributed by atoms with Gasteiger partial charge >= 0.3 is 0 Å². The van der Waals surface area contributed by atoms with E-state index in [9.17, 15) is 9.59 Å². The number of fused-ring (bicyclic) bond motifs is 1. The summed E-state index contributed by atoms with van der Waals surface area (Å²) in [6.45, 7) is 2.21. The molecule has 0 aliphatic carbocycles. The predicted octanol–water partition coefficient (Wildman–Crippen LogP) is 2.69. The van der Waals surface area contributed by atoms with Crippen LogP contribution in [0, 0.1) is 6.92 Å². The number of benzene rings is 1. The summed E-state index contributed by atoms with van der Waals surface area (Å²) in [4.78, 5) is 29.4. The van der Waals surface area contributed by atoms with Crippen LogP contribution in [0.2, 0.25) is 5.02 Å². The van der Waals surface area contributed by atoms with Gasteiger partial charge in [-0.05, 0) is 25.0 Å². The van der Waals surface area contributed by atoms with Crippen LogP contribution in [0.3, 0.4) is 0 Å². The van der Waals surface area contributed by atoms with Crippen LogP contribution in [0.4, 0.5) is 0 Å². The van der Waals surface area contributed by atoms with E-state index in [1.54, 1.807) is 0 Å². The highest BCUT2D eigenvalue weighted by Crippen LogP contribution is 2.15. The first-order valence-electron chi connectivity index (χ1n) is 7.05. The molecule has 118 valence electrons. The number of halogens is 1. The Morgan fingerprint density at radius 2 is 2.17 bits per heavy atom. The highest BCUT2D eigenvalue weighted by molar-refractivity contribution is 7.15. The number of hydrogen-bond donors (Lipinski definition) is 1. The van der Waals surface area contributed by atoms with Gasteiger partial charge in [-0.25, -0.2) is 4.98 Å². The van der Waals surface area contributed by atoms with E-state index in [1.165, 1.54) is 21.9 Å². The lowest BCUT2D eigenvalue weighted by molar-refractivity contribution is 0.0952. The number of rotatable bonds is 4. The summed E-state index contributed by atoms with van der Waals surface area (Å²) in [6.07, 6.45) is 1.93. The van der Waals surface area contributed by atoms with Crippen molar-refractivity contribution in [1.82, 2.24) is 14.7 Å². The molecule has 0 atom stereocenters. The Morgan fingerprint density at radius 3 is 2.96 bits per heavy atom. The van der Waals surface area contributed by atoms with Gasteiger partial charge in [0.25, 0.3) is 11.5 Å². The topological polar surface area (TPSA) is 63.5 Å². The molecule has 0 aliphatic rings. The van der Waals surface area contributed by atoms with Gasteiger partial charge in [0.2, 0.25) is 0 Å². The minimum Gasteiger partial charge on any atom is -0.351 e. The number of thiazole rings is 1. The molecule has 0 radical (unpaired) electrons. The molecular weight excluding hydrogens is 334 g/mol. The number of amides is 1. The predicted molar refractivity (Wildman–Crippen MR) is 91.6 cm³/mol. The van der Waals surface area contributed by atoms with Crippen molar-refractivity contribution in [2.75, 3.05) is 6.54 Å². The van der Waals surface area contributed by atoms with Crippen LogP contribution in [-0.2, 0) is 6.42 Å². The Morgan fingerprint density at radius 1 is 1.39 bits per heavy atom. The zero-order valence-corrected chi connectivity index (χ0v) is 13.9. The molecule has 1 amide bonds. The van der Waals surface area contributed by atoms with Gasteiger partial charge in [0.05, 0.1) is 0 Å². The highest BCUT2D eigenvalue weighted by atomic mass is 35.5. The van der Waals surface area contributed by atoms with E-state index >= 15 is 0 Å². The molecule has 7 heteroatoms. The SMILES string of the molecule is Cc1csc2ncc(C(=O)NCCc3ccccc3Cl)c(=O)n12. The maximum absolute atomic E-state index is 12.4. The lowest BCUT2D eigenvalue weighted by atomic mass is 10.1. The van der Waals surface area contributed by atoms with Gasteiger partial charge in [-0.1, -0.05) is 29.8 Å². The van der Waals surface area contributed by atoms with Gasteiger partial charge in [0.1, 0.15) is 5.56 Å². The van der Waals surface area contributed by atoms with E-state index < -0.39 is 5.91 Å². The molecule has 0 fully saturated rings. The number of hydrogen-bond acceptors (Lipinski definition) is 4. The third-order valence-corrected chi connectivity index (χ3v) is 4.83. The molecule has 0 aliphatic heterocycles. The van der Waals surface area contributed by atoms with Crippen molar-refractivity contribution in [2.45, 2.75) is 13.3 Å². The molecule has 5 nitrogen and oxygen atoms in total. The third kappa shape index (κ3) is 3.13. The lowest BCUT2D eigenvalue weighted by Crippen LogP contribution is -2.32. The lowest BCUT2D eigenvalue weighted by Gasteiger charge is -2.06. The van der Waals surface area contributed by atoms with Gasteiger partial charge in [-0.15, -0.1) is 11.3 Å². The fourth-order valence-corrected chi connectivity index (χ4v) is 3.35. The molecule has 3 rings (SSSR count). The van der Waals surface area contributed by atoms with Crippen molar-refractivity contribution < 1.29 is 4.79 Å². The van der Waals surface area contributed by atoms with Crippen LogP contribution in [0.1, 0.15) is 21.6 Å². The van der Waals surface area contributed by atoms with Crippen LogP contribution in [0.15, 0.2) is 40.6 Å². The first-order chi connectivity index (χ1) is 11.1. The summed E-state index contributed by atoms with van der Waals surface area (Å²) in [6, 6.07) is 7.47. The highest BCUT2D eigenvalue weighted by Gasteiger charge is 2.14. The number of aromatic nitrogens is 2. The number of nitrogens with one attached hydrogen (secondary N) is 1. The summed E-state index contributed by atoms with van der Waals surface area (Å²) in [5, 5.41) is 5.25. The van der Waals surface area contributed by atoms with Crippen molar-refractivity contribution in [2.24, 2.45) is 0 Å². The van der Waals surface area contributed by atoms with E-state index in [2.05, 4.69) is 10.3 Å². The molecule has 23 heavy (non-hydrogen) atoms. The van der Waals surface area contributed by atoms with Crippen molar-refractivity contribution in [1.29, 1.82) is 0 Å². The molecule has 3 aromatic rings. The normalized spacial score (nSPS) is 10.9. The van der Waals surface area contributed by atoms with E-state index in [0.717, 1.165) is 11.3 Å². The number of carbonyl (C=O) groups is 1. The quantitative estimate of drug-likeness (QED) is 0.789. The number of nitrogens with zero attached hydrogens (tertiary/aromatic N) is 2. The van der Waals surface area contributed by atoms with E-state index in [-0.39, 0.29) is 11.1 Å². The summed E-state index contributed by atoms with van der Waals surface area (Å²) >= 11 is 7.45. The van der Waals surface area contributed by atoms with Crippen molar-refractivity contribution in [3.63, 3.8) is 0 Å². The average Bonchev–Trinajstić information content (AvgIpc) is 2.91. The standard InChI is InChI=1S/C16H14ClN3O2S/c1-10-9-23-16-19-8-12(15(22)20(10)16)14(21)18-7-6-11-4-2-3-5-13(11)17/h2-5,8-9H,6-7H2,1H3,(H,18,21). The summed E-state index contributed by atoms with van der Waals surface area (Å²) in [5.74, 6) is -0.422. The van der Waals surface area contributed by atoms with Crippen LogP contribution in [0.5, 0.6) is 0 Å². The molecular formula is C16H14ClN3O2S. The molecule has 0 saturated carbocycles. The Balaban J connectivity index is 1.74. The first-order valence-corrected chi connectivity index (χ1v) is 8.31. The van der Waals surface area contributed by atoms with E-state index in [4.69, 9.17) is 11.6 Å². The van der Waals surface area contributed by atoms with Gasteiger partial charge in [-0.3, -0.25) is 14.0 Å². The number of carbonyl (C=O) groups excluding carboxylic acids is 1. The molecule has 0 bridgehead atoms. The first kappa shape index (κ1) is 15.7. The van der Waals surface area contributed by atoms with Gasteiger partial charge in [0.15, 0.2) is 4.96 Å². The molecule has 0 saturated heterocycles. The Labute approximate surface area is 141 Å². The van der Waals surface area contributed by atoms with Gasteiger partial charge < -0.3 is 5.32 Å². The molecule has 1 N–H and O–H groups in total. The minimum absolute atomic E-state index is 0.0446. The second-order valence-corrected chi connectivity index (χ2v) is 6.31. The van der Waals surface area contributed by atoms with Crippen LogP contribution in [-0.4, -0.2) is 21.8 Å². The molecule has 2 heterocycles. The summed E-state index contributed by atoms with van der Waals surface area (Å²) in [5.41, 5.74) is 1.42. The van der Waals surface area contributed by atoms with Gasteiger partial charge in [-0.2, -0.15) is 0 Å². The zero-order valence-electron chi connectivity index (χ0n) is 12.4. The summed E-state index contributed by atoms with van der Waals surface area (Å²) in [7, 11) is 0. The maximum Gasteiger partial charge on any atom is 0.271 e. The van der Waals surface area contributed by atoms with Crippen LogP contribution in [0.25, 0.3) is 4.96 Å². The van der Waals surface area contributed by atoms with E-state index in [0.29, 0.717) is 22.9 Å².